The smallest absolute Gasteiger partial charge is 0.407 e. The number of halogens is 2. The highest BCUT2D eigenvalue weighted by Crippen LogP contribution is 2.25. The Bertz CT molecular complexity index is 517. The second-order valence-electron chi connectivity index (χ2n) is 7.00. The Kier molecular flexibility index (Phi) is 6.37. The van der Waals surface area contributed by atoms with Gasteiger partial charge >= 0.3 is 6.09 Å². The highest BCUT2D eigenvalue weighted by atomic mass is 32.2. The van der Waals surface area contributed by atoms with E-state index >= 15 is 0 Å². The maximum Gasteiger partial charge on any atom is 0.407 e. The monoisotopic (exact) mass is 356 g/mol. The average molecular weight is 356 g/mol. The van der Waals surface area contributed by atoms with Crippen molar-refractivity contribution in [2.24, 2.45) is 0 Å². The number of rotatable bonds is 6. The normalized spacial score (nSPS) is 22.9. The summed E-state index contributed by atoms with van der Waals surface area (Å²) in [4.78, 5) is 11.4. The van der Waals surface area contributed by atoms with E-state index in [4.69, 9.17) is 4.74 Å². The summed E-state index contributed by atoms with van der Waals surface area (Å²) in [7, 11) is -3.26. The van der Waals surface area contributed by atoms with Gasteiger partial charge in [-0.3, -0.25) is 0 Å². The van der Waals surface area contributed by atoms with Crippen molar-refractivity contribution >= 4 is 15.9 Å². The third-order valence-corrected chi connectivity index (χ3v) is 5.18. The molecule has 23 heavy (non-hydrogen) atoms. The van der Waals surface area contributed by atoms with Crippen molar-refractivity contribution in [3.63, 3.8) is 0 Å². The Hall–Kier alpha value is -0.960. The molecule has 9 heteroatoms. The summed E-state index contributed by atoms with van der Waals surface area (Å²) in [6.07, 6.45) is 1.94. The molecule has 1 amide bonds. The molecule has 1 fully saturated rings. The molecule has 0 aromatic heterocycles. The third-order valence-electron chi connectivity index (χ3n) is 3.52. The standard InChI is InChI=1S/C14H26F2N2O4S/c1-13(2,3)22-12(19)18-9-14(15,16)8-17-10-6-5-7-11(10)23(4,20)21/h10-11,17H,5-9H2,1-4H3,(H,18,19). The van der Waals surface area contributed by atoms with Crippen molar-refractivity contribution in [3.05, 3.63) is 0 Å². The van der Waals surface area contributed by atoms with Gasteiger partial charge in [0.2, 0.25) is 0 Å². The second-order valence-corrected chi connectivity index (χ2v) is 9.26. The predicted molar refractivity (Wildman–Crippen MR) is 83.5 cm³/mol. The summed E-state index contributed by atoms with van der Waals surface area (Å²) in [5.41, 5.74) is -0.760. The Balaban J connectivity index is 2.45. The van der Waals surface area contributed by atoms with Crippen LogP contribution >= 0.6 is 0 Å². The lowest BCUT2D eigenvalue weighted by Gasteiger charge is -2.24. The zero-order valence-corrected chi connectivity index (χ0v) is 14.8. The molecule has 2 N–H and O–H groups in total. The minimum absolute atomic E-state index is 0.475. The average Bonchev–Trinajstić information content (AvgIpc) is 2.80. The van der Waals surface area contributed by atoms with E-state index in [0.29, 0.717) is 19.3 Å². The zero-order chi connectivity index (χ0) is 17.9. The van der Waals surface area contributed by atoms with Gasteiger partial charge in [-0.1, -0.05) is 6.42 Å². The summed E-state index contributed by atoms with van der Waals surface area (Å²) in [6, 6.07) is -0.475. The van der Waals surface area contributed by atoms with Gasteiger partial charge in [0.1, 0.15) is 5.60 Å². The molecule has 136 valence electrons. The molecule has 1 aliphatic carbocycles. The molecular weight excluding hydrogens is 330 g/mol. The molecule has 1 saturated carbocycles. The van der Waals surface area contributed by atoms with Gasteiger partial charge in [0.25, 0.3) is 5.92 Å². The van der Waals surface area contributed by atoms with Crippen LogP contribution in [0.5, 0.6) is 0 Å². The molecule has 2 unspecified atom stereocenters. The third kappa shape index (κ3) is 7.43. The fourth-order valence-corrected chi connectivity index (χ4v) is 3.95. The Labute approximate surface area is 136 Å². The summed E-state index contributed by atoms with van der Waals surface area (Å²) in [5, 5.41) is 4.03. The molecule has 1 rings (SSSR count). The van der Waals surface area contributed by atoms with E-state index in [9.17, 15) is 22.0 Å². The van der Waals surface area contributed by atoms with Crippen LogP contribution in [0.15, 0.2) is 0 Å². The number of carbonyl (C=O) groups excluding carboxylic acids is 1. The fraction of sp³-hybridized carbons (Fsp3) is 0.929. The Morgan fingerprint density at radius 2 is 1.83 bits per heavy atom. The highest BCUT2D eigenvalue weighted by molar-refractivity contribution is 7.91. The molecule has 0 aromatic rings. The van der Waals surface area contributed by atoms with Crippen LogP contribution in [0.25, 0.3) is 0 Å². The van der Waals surface area contributed by atoms with Gasteiger partial charge in [0, 0.05) is 12.3 Å². The molecule has 0 aromatic carbocycles. The van der Waals surface area contributed by atoms with Gasteiger partial charge in [0.05, 0.1) is 18.3 Å². The molecule has 0 heterocycles. The largest absolute Gasteiger partial charge is 0.444 e. The molecule has 0 bridgehead atoms. The lowest BCUT2D eigenvalue weighted by atomic mass is 10.2. The van der Waals surface area contributed by atoms with Crippen LogP contribution in [0.4, 0.5) is 13.6 Å². The molecule has 0 spiro atoms. The van der Waals surface area contributed by atoms with Crippen LogP contribution < -0.4 is 10.6 Å². The van der Waals surface area contributed by atoms with Crippen molar-refractivity contribution < 1.29 is 26.7 Å². The van der Waals surface area contributed by atoms with E-state index in [1.54, 1.807) is 20.8 Å². The van der Waals surface area contributed by atoms with Crippen LogP contribution in [0.1, 0.15) is 40.0 Å². The summed E-state index contributed by atoms with van der Waals surface area (Å²) in [5.74, 6) is -3.19. The van der Waals surface area contributed by atoms with Crippen molar-refractivity contribution in [1.29, 1.82) is 0 Å². The van der Waals surface area contributed by atoms with Gasteiger partial charge < -0.3 is 15.4 Å². The second kappa shape index (κ2) is 7.29. The van der Waals surface area contributed by atoms with Crippen LogP contribution in [0.3, 0.4) is 0 Å². The van der Waals surface area contributed by atoms with E-state index in [-0.39, 0.29) is 0 Å². The number of carbonyl (C=O) groups is 1. The van der Waals surface area contributed by atoms with E-state index in [0.717, 1.165) is 6.26 Å². The molecule has 6 nitrogen and oxygen atoms in total. The number of ether oxygens (including phenoxy) is 1. The first-order valence-electron chi connectivity index (χ1n) is 7.57. The Morgan fingerprint density at radius 1 is 1.22 bits per heavy atom. The minimum atomic E-state index is -3.26. The van der Waals surface area contributed by atoms with Crippen LogP contribution in [-0.2, 0) is 14.6 Å². The number of alkyl halides is 2. The number of alkyl carbamates (subject to hydrolysis) is 1. The van der Waals surface area contributed by atoms with Gasteiger partial charge in [-0.15, -0.1) is 0 Å². The van der Waals surface area contributed by atoms with Gasteiger partial charge in [-0.25, -0.2) is 22.0 Å². The van der Waals surface area contributed by atoms with Crippen LogP contribution in [0, 0.1) is 0 Å². The topological polar surface area (TPSA) is 84.5 Å². The number of nitrogens with one attached hydrogen (secondary N) is 2. The van der Waals surface area contributed by atoms with E-state index in [1.165, 1.54) is 0 Å². The van der Waals surface area contributed by atoms with Crippen LogP contribution in [-0.4, -0.2) is 56.7 Å². The van der Waals surface area contributed by atoms with Crippen molar-refractivity contribution in [3.8, 4) is 0 Å². The van der Waals surface area contributed by atoms with Crippen LogP contribution in [0.2, 0.25) is 0 Å². The highest BCUT2D eigenvalue weighted by Gasteiger charge is 2.37. The van der Waals surface area contributed by atoms with Crippen molar-refractivity contribution in [1.82, 2.24) is 10.6 Å². The molecule has 1 aliphatic rings. The number of sulfone groups is 1. The van der Waals surface area contributed by atoms with E-state index in [2.05, 4.69) is 5.32 Å². The molecule has 0 aliphatic heterocycles. The molecule has 0 saturated heterocycles. The molecule has 0 radical (unpaired) electrons. The SMILES string of the molecule is CC(C)(C)OC(=O)NCC(F)(F)CNC1CCCC1S(C)(=O)=O. The van der Waals surface area contributed by atoms with E-state index in [1.807, 2.05) is 5.32 Å². The van der Waals surface area contributed by atoms with Crippen molar-refractivity contribution in [2.75, 3.05) is 19.3 Å². The zero-order valence-electron chi connectivity index (χ0n) is 14.0. The first kappa shape index (κ1) is 20.1. The van der Waals surface area contributed by atoms with Gasteiger partial charge in [0.15, 0.2) is 9.84 Å². The van der Waals surface area contributed by atoms with Gasteiger partial charge in [-0.05, 0) is 33.6 Å². The lowest BCUT2D eigenvalue weighted by molar-refractivity contribution is -0.00535. The lowest BCUT2D eigenvalue weighted by Crippen LogP contribution is -2.49. The van der Waals surface area contributed by atoms with E-state index < -0.39 is 51.8 Å². The predicted octanol–water partition coefficient (Wildman–Crippen LogP) is 1.70. The maximum absolute atomic E-state index is 13.8. The quantitative estimate of drug-likeness (QED) is 0.757. The number of hydrogen-bond acceptors (Lipinski definition) is 5. The Morgan fingerprint density at radius 3 is 2.35 bits per heavy atom. The summed E-state index contributed by atoms with van der Waals surface area (Å²) in [6.45, 7) is 3.34. The molecular formula is C14H26F2N2O4S. The molecule has 2 atom stereocenters. The first-order chi connectivity index (χ1) is 10.3. The number of amides is 1. The number of hydrogen-bond donors (Lipinski definition) is 2. The summed E-state index contributed by atoms with van der Waals surface area (Å²) >= 11 is 0. The first-order valence-corrected chi connectivity index (χ1v) is 9.52. The van der Waals surface area contributed by atoms with Crippen molar-refractivity contribution in [2.45, 2.75) is 62.8 Å². The minimum Gasteiger partial charge on any atom is -0.444 e. The van der Waals surface area contributed by atoms with Gasteiger partial charge in [-0.2, -0.15) is 0 Å². The fourth-order valence-electron chi connectivity index (χ4n) is 2.53. The maximum atomic E-state index is 13.8. The summed E-state index contributed by atoms with van der Waals surface area (Å²) < 4.78 is 55.7.